The zero-order chi connectivity index (χ0) is 19.0. The van der Waals surface area contributed by atoms with E-state index in [-0.39, 0.29) is 12.5 Å². The molecule has 144 valence electrons. The number of rotatable bonds is 3. The number of sulfone groups is 1. The van der Waals surface area contributed by atoms with Gasteiger partial charge in [-0.15, -0.1) is 0 Å². The monoisotopic (exact) mass is 375 g/mol. The predicted octanol–water partition coefficient (Wildman–Crippen LogP) is 2.30. The number of carboxylic acids is 1. The summed E-state index contributed by atoms with van der Waals surface area (Å²) in [6.07, 6.45) is 3.36. The Morgan fingerprint density at radius 2 is 1.88 bits per heavy atom. The van der Waals surface area contributed by atoms with Gasteiger partial charge in [-0.3, -0.25) is 4.79 Å². The number of hydrogen-bond donors (Lipinski definition) is 1. The van der Waals surface area contributed by atoms with Gasteiger partial charge in [0, 0.05) is 19.3 Å². The highest BCUT2D eigenvalue weighted by Crippen LogP contribution is 2.46. The van der Waals surface area contributed by atoms with Crippen LogP contribution in [-0.2, 0) is 19.4 Å². The first kappa shape index (κ1) is 20.0. The molecule has 2 fully saturated rings. The van der Waals surface area contributed by atoms with Crippen molar-refractivity contribution in [1.29, 1.82) is 0 Å². The molecule has 1 saturated heterocycles. The minimum absolute atomic E-state index is 0.0817. The van der Waals surface area contributed by atoms with E-state index in [0.717, 1.165) is 0 Å². The lowest BCUT2D eigenvalue weighted by molar-refractivity contribution is -0.152. The molecule has 0 aromatic carbocycles. The predicted molar refractivity (Wildman–Crippen MR) is 93.1 cm³/mol. The number of ether oxygens (including phenoxy) is 1. The lowest BCUT2D eigenvalue weighted by Gasteiger charge is -2.38. The summed E-state index contributed by atoms with van der Waals surface area (Å²) in [5, 5.41) is 9.42. The molecule has 1 saturated carbocycles. The van der Waals surface area contributed by atoms with Crippen molar-refractivity contribution in [1.82, 2.24) is 4.90 Å². The summed E-state index contributed by atoms with van der Waals surface area (Å²) in [6.45, 7) is 5.70. The third-order valence-electron chi connectivity index (χ3n) is 5.39. The number of aliphatic carboxylic acids is 1. The number of likely N-dealkylation sites (tertiary alicyclic amines) is 1. The number of hydrogen-bond acceptors (Lipinski definition) is 5. The molecule has 0 bridgehead atoms. The van der Waals surface area contributed by atoms with Gasteiger partial charge < -0.3 is 14.7 Å². The summed E-state index contributed by atoms with van der Waals surface area (Å²) >= 11 is 0. The number of amides is 1. The Balaban J connectivity index is 2.18. The molecule has 7 nitrogen and oxygen atoms in total. The van der Waals surface area contributed by atoms with Crippen LogP contribution in [0.3, 0.4) is 0 Å². The molecule has 0 radical (unpaired) electrons. The van der Waals surface area contributed by atoms with Gasteiger partial charge in [0.05, 0.1) is 10.7 Å². The smallest absolute Gasteiger partial charge is 0.410 e. The normalized spacial score (nSPS) is 31.0. The van der Waals surface area contributed by atoms with E-state index >= 15 is 0 Å². The molecule has 8 heteroatoms. The van der Waals surface area contributed by atoms with Crippen LogP contribution < -0.4 is 0 Å². The number of carbonyl (C=O) groups excluding carboxylic acids is 1. The molecule has 3 atom stereocenters. The van der Waals surface area contributed by atoms with Crippen molar-refractivity contribution in [2.75, 3.05) is 19.3 Å². The van der Waals surface area contributed by atoms with Gasteiger partial charge in [0.1, 0.15) is 15.4 Å². The topological polar surface area (TPSA) is 101 Å². The second-order valence-electron chi connectivity index (χ2n) is 8.43. The highest BCUT2D eigenvalue weighted by molar-refractivity contribution is 7.91. The molecular formula is C17H29NO6S. The van der Waals surface area contributed by atoms with E-state index in [1.165, 1.54) is 11.2 Å². The third kappa shape index (κ3) is 4.46. The average molecular weight is 375 g/mol. The fourth-order valence-electron chi connectivity index (χ4n) is 4.03. The second-order valence-corrected chi connectivity index (χ2v) is 10.8. The van der Waals surface area contributed by atoms with E-state index in [0.29, 0.717) is 38.6 Å². The average Bonchev–Trinajstić information content (AvgIpc) is 2.91. The maximum atomic E-state index is 12.3. The summed E-state index contributed by atoms with van der Waals surface area (Å²) in [7, 11) is -3.19. The van der Waals surface area contributed by atoms with Gasteiger partial charge in [0.15, 0.2) is 0 Å². The maximum Gasteiger partial charge on any atom is 0.410 e. The van der Waals surface area contributed by atoms with Gasteiger partial charge in [-0.2, -0.15) is 0 Å². The summed E-state index contributed by atoms with van der Waals surface area (Å²) < 4.78 is 29.2. The fourth-order valence-corrected chi connectivity index (χ4v) is 5.21. The Kier molecular flexibility index (Phi) is 5.42. The van der Waals surface area contributed by atoms with Crippen LogP contribution in [0.15, 0.2) is 0 Å². The standard InChI is InChI=1S/C17H29NO6S/c1-16(2,3)24-15(21)18-9-8-17(11-18,14(19)20)12-6-5-7-13(10-12)25(4,22)23/h12-13H,5-11H2,1-4H3,(H,19,20). The van der Waals surface area contributed by atoms with Crippen LogP contribution in [0.25, 0.3) is 0 Å². The van der Waals surface area contributed by atoms with Crippen LogP contribution in [0.2, 0.25) is 0 Å². The highest BCUT2D eigenvalue weighted by atomic mass is 32.2. The third-order valence-corrected chi connectivity index (χ3v) is 7.03. The van der Waals surface area contributed by atoms with Crippen LogP contribution in [0.5, 0.6) is 0 Å². The first-order valence-electron chi connectivity index (χ1n) is 8.75. The number of carboxylic acid groups (broad SMARTS) is 1. The first-order chi connectivity index (χ1) is 11.3. The zero-order valence-electron chi connectivity index (χ0n) is 15.4. The molecule has 1 aliphatic heterocycles. The molecule has 2 rings (SSSR count). The largest absolute Gasteiger partial charge is 0.481 e. The van der Waals surface area contributed by atoms with Gasteiger partial charge in [0.25, 0.3) is 0 Å². The van der Waals surface area contributed by atoms with Crippen LogP contribution in [-0.4, -0.2) is 60.7 Å². The van der Waals surface area contributed by atoms with Gasteiger partial charge in [-0.1, -0.05) is 6.42 Å². The Morgan fingerprint density at radius 1 is 1.24 bits per heavy atom. The summed E-state index contributed by atoms with van der Waals surface area (Å²) in [5.41, 5.74) is -1.72. The molecule has 1 amide bonds. The Hall–Kier alpha value is -1.31. The minimum Gasteiger partial charge on any atom is -0.481 e. The van der Waals surface area contributed by atoms with E-state index in [9.17, 15) is 23.1 Å². The summed E-state index contributed by atoms with van der Waals surface area (Å²) in [5.74, 6) is -1.19. The first-order valence-corrected chi connectivity index (χ1v) is 10.7. The Morgan fingerprint density at radius 3 is 2.40 bits per heavy atom. The van der Waals surface area contributed by atoms with Crippen molar-refractivity contribution in [3.8, 4) is 0 Å². The fraction of sp³-hybridized carbons (Fsp3) is 0.882. The molecule has 1 heterocycles. The zero-order valence-corrected chi connectivity index (χ0v) is 16.3. The summed E-state index contributed by atoms with van der Waals surface area (Å²) in [4.78, 5) is 25.8. The Bertz CT molecular complexity index is 638. The van der Waals surface area contributed by atoms with Gasteiger partial charge in [-0.25, -0.2) is 13.2 Å². The van der Waals surface area contributed by atoms with E-state index in [1.54, 1.807) is 20.8 Å². The van der Waals surface area contributed by atoms with E-state index < -0.39 is 38.2 Å². The van der Waals surface area contributed by atoms with Crippen LogP contribution in [0, 0.1) is 11.3 Å². The minimum atomic E-state index is -3.19. The second kappa shape index (κ2) is 6.78. The molecule has 1 aliphatic carbocycles. The van der Waals surface area contributed by atoms with Crippen LogP contribution in [0.1, 0.15) is 52.9 Å². The number of carbonyl (C=O) groups is 2. The van der Waals surface area contributed by atoms with Crippen LogP contribution >= 0.6 is 0 Å². The van der Waals surface area contributed by atoms with Gasteiger partial charge in [-0.05, 0) is 52.4 Å². The molecule has 3 unspecified atom stereocenters. The number of nitrogens with zero attached hydrogens (tertiary/aromatic N) is 1. The van der Waals surface area contributed by atoms with Crippen molar-refractivity contribution >= 4 is 21.9 Å². The molecule has 0 aromatic heterocycles. The van der Waals surface area contributed by atoms with Crippen molar-refractivity contribution in [3.63, 3.8) is 0 Å². The van der Waals surface area contributed by atoms with E-state index in [2.05, 4.69) is 0 Å². The SMILES string of the molecule is CC(C)(C)OC(=O)N1CCC(C(=O)O)(C2CCCC(S(C)(=O)=O)C2)C1. The molecule has 1 N–H and O–H groups in total. The quantitative estimate of drug-likeness (QED) is 0.812. The van der Waals surface area contributed by atoms with Gasteiger partial charge >= 0.3 is 12.1 Å². The lowest BCUT2D eigenvalue weighted by Crippen LogP contribution is -2.46. The molecule has 0 spiro atoms. The maximum absolute atomic E-state index is 12.3. The van der Waals surface area contributed by atoms with E-state index in [1.807, 2.05) is 0 Å². The molecule has 25 heavy (non-hydrogen) atoms. The van der Waals surface area contributed by atoms with Crippen molar-refractivity contribution in [2.45, 2.75) is 63.7 Å². The van der Waals surface area contributed by atoms with E-state index in [4.69, 9.17) is 4.74 Å². The Labute approximate surface area is 149 Å². The van der Waals surface area contributed by atoms with Crippen molar-refractivity contribution in [2.24, 2.45) is 11.3 Å². The van der Waals surface area contributed by atoms with Crippen molar-refractivity contribution < 1.29 is 27.9 Å². The molecule has 0 aromatic rings. The van der Waals surface area contributed by atoms with Crippen molar-refractivity contribution in [3.05, 3.63) is 0 Å². The summed E-state index contributed by atoms with van der Waals surface area (Å²) in [6, 6.07) is 0. The highest BCUT2D eigenvalue weighted by Gasteiger charge is 2.53. The lowest BCUT2D eigenvalue weighted by atomic mass is 9.68. The molecule has 2 aliphatic rings. The van der Waals surface area contributed by atoms with Crippen LogP contribution in [0.4, 0.5) is 4.79 Å². The molecular weight excluding hydrogens is 346 g/mol. The van der Waals surface area contributed by atoms with Gasteiger partial charge in [0.2, 0.25) is 0 Å².